The minimum atomic E-state index is -0.273. The molecule has 1 aliphatic heterocycles. The van der Waals surface area contributed by atoms with Crippen molar-refractivity contribution in [3.8, 4) is 0 Å². The fraction of sp³-hybridized carbons (Fsp3) is 0.375. The summed E-state index contributed by atoms with van der Waals surface area (Å²) in [4.78, 5) is 6.14. The van der Waals surface area contributed by atoms with Crippen LogP contribution < -0.4 is 4.90 Å². The second-order valence-electron chi connectivity index (χ2n) is 2.64. The zero-order chi connectivity index (χ0) is 8.39. The van der Waals surface area contributed by atoms with Crippen LogP contribution >= 0.6 is 11.8 Å². The van der Waals surface area contributed by atoms with Gasteiger partial charge in [-0.1, -0.05) is 0 Å². The Bertz CT molecular complexity index is 256. The van der Waals surface area contributed by atoms with Gasteiger partial charge < -0.3 is 4.90 Å². The van der Waals surface area contributed by atoms with Crippen LogP contribution in [-0.2, 0) is 0 Å². The number of anilines is 1. The van der Waals surface area contributed by atoms with Gasteiger partial charge in [0.25, 0.3) is 0 Å². The summed E-state index contributed by atoms with van der Waals surface area (Å²) >= 11 is 1.87. The van der Waals surface area contributed by atoms with Gasteiger partial charge in [0.15, 0.2) is 0 Å². The molecule has 0 radical (unpaired) electrons. The number of halogens is 1. The second-order valence-corrected chi connectivity index (χ2v) is 3.71. The molecule has 0 unspecified atom stereocenters. The molecule has 0 aromatic carbocycles. The van der Waals surface area contributed by atoms with E-state index in [9.17, 15) is 4.39 Å². The first kappa shape index (κ1) is 7.86. The molecule has 0 saturated carbocycles. The van der Waals surface area contributed by atoms with Crippen LogP contribution in [0.1, 0.15) is 0 Å². The van der Waals surface area contributed by atoms with E-state index in [-0.39, 0.29) is 5.82 Å². The quantitative estimate of drug-likeness (QED) is 0.661. The summed E-state index contributed by atoms with van der Waals surface area (Å²) in [5, 5.41) is 0. The lowest BCUT2D eigenvalue weighted by molar-refractivity contribution is 0.621. The van der Waals surface area contributed by atoms with Crippen molar-refractivity contribution in [3.63, 3.8) is 0 Å². The summed E-state index contributed by atoms with van der Waals surface area (Å²) in [7, 11) is 0. The third-order valence-electron chi connectivity index (χ3n) is 1.79. The molecule has 4 heteroatoms. The number of rotatable bonds is 1. The second kappa shape index (κ2) is 3.31. The van der Waals surface area contributed by atoms with E-state index in [1.165, 1.54) is 12.3 Å². The molecule has 0 bridgehead atoms. The molecule has 1 fully saturated rings. The van der Waals surface area contributed by atoms with Crippen molar-refractivity contribution in [2.45, 2.75) is 0 Å². The Kier molecular flexibility index (Phi) is 2.17. The highest BCUT2D eigenvalue weighted by atomic mass is 32.2. The van der Waals surface area contributed by atoms with Crippen LogP contribution in [0.4, 0.5) is 10.2 Å². The van der Waals surface area contributed by atoms with Gasteiger partial charge in [-0.25, -0.2) is 9.37 Å². The minimum absolute atomic E-state index is 0.273. The lowest BCUT2D eigenvalue weighted by Gasteiger charge is -2.14. The van der Waals surface area contributed by atoms with E-state index in [0.717, 1.165) is 24.0 Å². The maximum absolute atomic E-state index is 12.5. The normalized spacial score (nSPS) is 16.9. The molecule has 1 saturated heterocycles. The van der Waals surface area contributed by atoms with Crippen LogP contribution in [0.3, 0.4) is 0 Å². The summed E-state index contributed by atoms with van der Waals surface area (Å²) in [5.74, 6) is 2.71. The third-order valence-corrected chi connectivity index (χ3v) is 2.75. The first-order valence-corrected chi connectivity index (χ1v) is 4.96. The predicted octanol–water partition coefficient (Wildman–Crippen LogP) is 1.73. The monoisotopic (exact) mass is 184 g/mol. The Labute approximate surface area is 74.8 Å². The number of pyridine rings is 1. The molecular formula is C8H9FN2S. The Morgan fingerprint density at radius 2 is 2.42 bits per heavy atom. The SMILES string of the molecule is Fc1ccc(N2CCSC2)nc1. The zero-order valence-corrected chi connectivity index (χ0v) is 7.35. The minimum Gasteiger partial charge on any atom is -0.347 e. The Balaban J connectivity index is 2.17. The first-order valence-electron chi connectivity index (χ1n) is 3.80. The molecule has 12 heavy (non-hydrogen) atoms. The van der Waals surface area contributed by atoms with Crippen molar-refractivity contribution in [2.75, 3.05) is 23.1 Å². The van der Waals surface area contributed by atoms with Crippen LogP contribution in [-0.4, -0.2) is 23.2 Å². The van der Waals surface area contributed by atoms with Gasteiger partial charge in [0.2, 0.25) is 0 Å². The summed E-state index contributed by atoms with van der Waals surface area (Å²) in [6.07, 6.45) is 1.26. The fourth-order valence-corrected chi connectivity index (χ4v) is 2.11. The molecule has 0 atom stereocenters. The van der Waals surface area contributed by atoms with E-state index in [4.69, 9.17) is 0 Å². The molecule has 1 aliphatic rings. The Hall–Kier alpha value is -0.770. The highest BCUT2D eigenvalue weighted by Crippen LogP contribution is 2.20. The molecule has 1 aromatic heterocycles. The summed E-state index contributed by atoms with van der Waals surface area (Å²) < 4.78 is 12.5. The van der Waals surface area contributed by atoms with Crippen LogP contribution in [0, 0.1) is 5.82 Å². The molecule has 0 spiro atoms. The first-order chi connectivity index (χ1) is 5.86. The molecule has 64 valence electrons. The molecular weight excluding hydrogens is 175 g/mol. The largest absolute Gasteiger partial charge is 0.347 e. The van der Waals surface area contributed by atoms with Gasteiger partial charge in [0.1, 0.15) is 11.6 Å². The number of hydrogen-bond acceptors (Lipinski definition) is 3. The average Bonchev–Trinajstić information content (AvgIpc) is 2.58. The number of aromatic nitrogens is 1. The van der Waals surface area contributed by atoms with E-state index in [2.05, 4.69) is 9.88 Å². The summed E-state index contributed by atoms with van der Waals surface area (Å²) in [6.45, 7) is 1.02. The van der Waals surface area contributed by atoms with Gasteiger partial charge in [0.05, 0.1) is 12.1 Å². The van der Waals surface area contributed by atoms with E-state index < -0.39 is 0 Å². The molecule has 0 amide bonds. The molecule has 0 N–H and O–H groups in total. The number of thioether (sulfide) groups is 1. The molecule has 2 rings (SSSR count). The van der Waals surface area contributed by atoms with Crippen molar-refractivity contribution in [1.82, 2.24) is 4.98 Å². The Morgan fingerprint density at radius 3 is 3.00 bits per heavy atom. The van der Waals surface area contributed by atoms with Gasteiger partial charge >= 0.3 is 0 Å². The molecule has 2 nitrogen and oxygen atoms in total. The smallest absolute Gasteiger partial charge is 0.141 e. The van der Waals surface area contributed by atoms with E-state index in [1.54, 1.807) is 6.07 Å². The van der Waals surface area contributed by atoms with E-state index >= 15 is 0 Å². The number of nitrogens with zero attached hydrogens (tertiary/aromatic N) is 2. The third kappa shape index (κ3) is 1.53. The van der Waals surface area contributed by atoms with Crippen LogP contribution in [0.25, 0.3) is 0 Å². The van der Waals surface area contributed by atoms with E-state index in [0.29, 0.717) is 0 Å². The van der Waals surface area contributed by atoms with Gasteiger partial charge in [-0.3, -0.25) is 0 Å². The van der Waals surface area contributed by atoms with Crippen LogP contribution in [0.5, 0.6) is 0 Å². The average molecular weight is 184 g/mol. The maximum atomic E-state index is 12.5. The lowest BCUT2D eigenvalue weighted by atomic mass is 10.4. The number of hydrogen-bond donors (Lipinski definition) is 0. The highest BCUT2D eigenvalue weighted by molar-refractivity contribution is 7.99. The van der Waals surface area contributed by atoms with Crippen molar-refractivity contribution in [3.05, 3.63) is 24.1 Å². The molecule has 2 heterocycles. The molecule has 0 aliphatic carbocycles. The van der Waals surface area contributed by atoms with Crippen LogP contribution in [0.15, 0.2) is 18.3 Å². The van der Waals surface area contributed by atoms with Gasteiger partial charge in [0, 0.05) is 12.3 Å². The lowest BCUT2D eigenvalue weighted by Crippen LogP contribution is -2.18. The van der Waals surface area contributed by atoms with Crippen molar-refractivity contribution in [1.29, 1.82) is 0 Å². The van der Waals surface area contributed by atoms with Crippen LogP contribution in [0.2, 0.25) is 0 Å². The maximum Gasteiger partial charge on any atom is 0.141 e. The summed E-state index contributed by atoms with van der Waals surface area (Å²) in [6, 6.07) is 3.17. The van der Waals surface area contributed by atoms with Gasteiger partial charge in [-0.15, -0.1) is 11.8 Å². The van der Waals surface area contributed by atoms with Gasteiger partial charge in [-0.2, -0.15) is 0 Å². The van der Waals surface area contributed by atoms with Crippen molar-refractivity contribution in [2.24, 2.45) is 0 Å². The van der Waals surface area contributed by atoms with Crippen molar-refractivity contribution < 1.29 is 4.39 Å². The standard InChI is InChI=1S/C8H9FN2S/c9-7-1-2-8(10-5-7)11-3-4-12-6-11/h1-2,5H,3-4,6H2. The topological polar surface area (TPSA) is 16.1 Å². The highest BCUT2D eigenvalue weighted by Gasteiger charge is 2.12. The van der Waals surface area contributed by atoms with Crippen molar-refractivity contribution >= 4 is 17.6 Å². The molecule has 1 aromatic rings. The zero-order valence-electron chi connectivity index (χ0n) is 6.53. The van der Waals surface area contributed by atoms with E-state index in [1.807, 2.05) is 11.8 Å². The Morgan fingerprint density at radius 1 is 1.50 bits per heavy atom. The predicted molar refractivity (Wildman–Crippen MR) is 48.9 cm³/mol. The fourth-order valence-electron chi connectivity index (χ4n) is 1.15. The summed E-state index contributed by atoms with van der Waals surface area (Å²) in [5.41, 5.74) is 0. The van der Waals surface area contributed by atoms with Gasteiger partial charge in [-0.05, 0) is 12.1 Å².